The van der Waals surface area contributed by atoms with Crippen molar-refractivity contribution in [3.63, 3.8) is 0 Å². The molecular formula is C17H26ClNO. The van der Waals surface area contributed by atoms with E-state index in [2.05, 4.69) is 12.2 Å². The van der Waals surface area contributed by atoms with Crippen molar-refractivity contribution in [2.75, 3.05) is 13.2 Å². The minimum Gasteiger partial charge on any atom is -0.492 e. The van der Waals surface area contributed by atoms with Crippen molar-refractivity contribution >= 4 is 11.6 Å². The lowest BCUT2D eigenvalue weighted by Crippen LogP contribution is -2.39. The minimum atomic E-state index is 0.666. The van der Waals surface area contributed by atoms with Crippen LogP contribution in [0.5, 0.6) is 5.75 Å². The summed E-state index contributed by atoms with van der Waals surface area (Å²) in [7, 11) is 0. The number of halogens is 1. The molecule has 3 heteroatoms. The number of ether oxygens (including phenoxy) is 1. The zero-order chi connectivity index (χ0) is 14.5. The summed E-state index contributed by atoms with van der Waals surface area (Å²) < 4.78 is 5.93. The SMILES string of the molecule is Cc1cc(Cl)cc(C)c1OCCNC1CCCCC1C. The molecule has 112 valence electrons. The first-order valence-corrected chi connectivity index (χ1v) is 8.08. The van der Waals surface area contributed by atoms with Gasteiger partial charge < -0.3 is 10.1 Å². The van der Waals surface area contributed by atoms with Gasteiger partial charge in [-0.15, -0.1) is 0 Å². The van der Waals surface area contributed by atoms with E-state index in [1.807, 2.05) is 26.0 Å². The van der Waals surface area contributed by atoms with E-state index in [4.69, 9.17) is 16.3 Å². The summed E-state index contributed by atoms with van der Waals surface area (Å²) in [6.07, 6.45) is 5.41. The second kappa shape index (κ2) is 7.33. The van der Waals surface area contributed by atoms with Gasteiger partial charge in [-0.05, 0) is 55.9 Å². The van der Waals surface area contributed by atoms with E-state index in [1.165, 1.54) is 25.7 Å². The zero-order valence-corrected chi connectivity index (χ0v) is 13.6. The molecule has 0 amide bonds. The van der Waals surface area contributed by atoms with Crippen LogP contribution in [0.1, 0.15) is 43.7 Å². The highest BCUT2D eigenvalue weighted by atomic mass is 35.5. The van der Waals surface area contributed by atoms with E-state index in [0.29, 0.717) is 12.6 Å². The van der Waals surface area contributed by atoms with Gasteiger partial charge in [0, 0.05) is 17.6 Å². The number of nitrogens with one attached hydrogen (secondary N) is 1. The van der Waals surface area contributed by atoms with E-state index < -0.39 is 0 Å². The van der Waals surface area contributed by atoms with Gasteiger partial charge in [0.15, 0.2) is 0 Å². The second-order valence-corrected chi connectivity index (χ2v) is 6.48. The van der Waals surface area contributed by atoms with E-state index in [9.17, 15) is 0 Å². The summed E-state index contributed by atoms with van der Waals surface area (Å²) in [6, 6.07) is 4.58. The smallest absolute Gasteiger partial charge is 0.125 e. The Morgan fingerprint density at radius 3 is 2.50 bits per heavy atom. The normalized spacial score (nSPS) is 22.8. The van der Waals surface area contributed by atoms with Gasteiger partial charge in [0.2, 0.25) is 0 Å². The average Bonchev–Trinajstić information content (AvgIpc) is 2.38. The molecule has 2 unspecified atom stereocenters. The maximum atomic E-state index is 6.03. The van der Waals surface area contributed by atoms with Gasteiger partial charge in [-0.3, -0.25) is 0 Å². The Kier molecular flexibility index (Phi) is 5.74. The zero-order valence-electron chi connectivity index (χ0n) is 12.8. The Labute approximate surface area is 127 Å². The fourth-order valence-corrected chi connectivity index (χ4v) is 3.47. The van der Waals surface area contributed by atoms with Crippen LogP contribution < -0.4 is 10.1 Å². The summed E-state index contributed by atoms with van der Waals surface area (Å²) in [5.74, 6) is 1.77. The van der Waals surface area contributed by atoms with Crippen LogP contribution in [0.2, 0.25) is 5.02 Å². The van der Waals surface area contributed by atoms with Crippen LogP contribution in [0, 0.1) is 19.8 Å². The predicted molar refractivity (Wildman–Crippen MR) is 85.8 cm³/mol. The topological polar surface area (TPSA) is 21.3 Å². The van der Waals surface area contributed by atoms with E-state index in [1.54, 1.807) is 0 Å². The molecule has 0 bridgehead atoms. The van der Waals surface area contributed by atoms with Crippen molar-refractivity contribution in [3.05, 3.63) is 28.3 Å². The van der Waals surface area contributed by atoms with Crippen molar-refractivity contribution < 1.29 is 4.74 Å². The van der Waals surface area contributed by atoms with Gasteiger partial charge >= 0.3 is 0 Å². The van der Waals surface area contributed by atoms with Crippen LogP contribution in [0.15, 0.2) is 12.1 Å². The third-order valence-corrected chi connectivity index (χ3v) is 4.51. The molecule has 1 aliphatic carbocycles. The lowest BCUT2D eigenvalue weighted by Gasteiger charge is -2.29. The van der Waals surface area contributed by atoms with E-state index in [0.717, 1.165) is 34.4 Å². The quantitative estimate of drug-likeness (QED) is 0.807. The van der Waals surface area contributed by atoms with Crippen molar-refractivity contribution in [1.82, 2.24) is 5.32 Å². The Balaban J connectivity index is 1.78. The van der Waals surface area contributed by atoms with Crippen LogP contribution in [0.4, 0.5) is 0 Å². The minimum absolute atomic E-state index is 0.666. The Hall–Kier alpha value is -0.730. The standard InChI is InChI=1S/C17H26ClNO/c1-12-6-4-5-7-16(12)19-8-9-20-17-13(2)10-15(18)11-14(17)3/h10-12,16,19H,4-9H2,1-3H3. The third-order valence-electron chi connectivity index (χ3n) is 4.29. The van der Waals surface area contributed by atoms with Gasteiger partial charge in [-0.2, -0.15) is 0 Å². The second-order valence-electron chi connectivity index (χ2n) is 6.04. The molecule has 0 spiro atoms. The molecule has 1 saturated carbocycles. The number of hydrogen-bond acceptors (Lipinski definition) is 2. The predicted octanol–water partition coefficient (Wildman–Crippen LogP) is 4.50. The fraction of sp³-hybridized carbons (Fsp3) is 0.647. The summed E-state index contributed by atoms with van der Waals surface area (Å²) in [4.78, 5) is 0. The molecular weight excluding hydrogens is 270 g/mol. The number of benzene rings is 1. The summed E-state index contributed by atoms with van der Waals surface area (Å²) in [5, 5.41) is 4.42. The van der Waals surface area contributed by atoms with Crippen LogP contribution >= 0.6 is 11.6 Å². The van der Waals surface area contributed by atoms with Crippen LogP contribution in [-0.2, 0) is 0 Å². The fourth-order valence-electron chi connectivity index (χ4n) is 3.14. The third kappa shape index (κ3) is 4.13. The molecule has 0 aromatic heterocycles. The van der Waals surface area contributed by atoms with Gasteiger partial charge in [-0.1, -0.05) is 31.4 Å². The molecule has 20 heavy (non-hydrogen) atoms. The van der Waals surface area contributed by atoms with Crippen molar-refractivity contribution in [2.24, 2.45) is 5.92 Å². The molecule has 1 aromatic carbocycles. The van der Waals surface area contributed by atoms with Crippen molar-refractivity contribution in [1.29, 1.82) is 0 Å². The number of hydrogen-bond donors (Lipinski definition) is 1. The molecule has 1 aliphatic rings. The molecule has 0 aliphatic heterocycles. The largest absolute Gasteiger partial charge is 0.492 e. The molecule has 2 rings (SSSR count). The molecule has 2 atom stereocenters. The van der Waals surface area contributed by atoms with Gasteiger partial charge in [0.1, 0.15) is 12.4 Å². The maximum absolute atomic E-state index is 6.03. The summed E-state index contributed by atoms with van der Waals surface area (Å²) in [5.41, 5.74) is 2.22. The highest BCUT2D eigenvalue weighted by molar-refractivity contribution is 6.30. The van der Waals surface area contributed by atoms with Crippen LogP contribution in [0.25, 0.3) is 0 Å². The molecule has 0 radical (unpaired) electrons. The Morgan fingerprint density at radius 2 is 1.85 bits per heavy atom. The molecule has 1 fully saturated rings. The first kappa shape index (κ1) is 15.7. The van der Waals surface area contributed by atoms with E-state index in [-0.39, 0.29) is 0 Å². The van der Waals surface area contributed by atoms with Crippen LogP contribution in [-0.4, -0.2) is 19.2 Å². The average molecular weight is 296 g/mol. The summed E-state index contributed by atoms with van der Waals surface area (Å²) >= 11 is 6.03. The van der Waals surface area contributed by atoms with Crippen molar-refractivity contribution in [3.8, 4) is 5.75 Å². The van der Waals surface area contributed by atoms with Crippen LogP contribution in [0.3, 0.4) is 0 Å². The lowest BCUT2D eigenvalue weighted by molar-refractivity contribution is 0.250. The Bertz CT molecular complexity index is 424. The first-order valence-electron chi connectivity index (χ1n) is 7.71. The highest BCUT2D eigenvalue weighted by Gasteiger charge is 2.20. The molecule has 1 aromatic rings. The molecule has 1 N–H and O–H groups in total. The lowest BCUT2D eigenvalue weighted by atomic mass is 9.86. The summed E-state index contributed by atoms with van der Waals surface area (Å²) in [6.45, 7) is 8.07. The highest BCUT2D eigenvalue weighted by Crippen LogP contribution is 2.27. The monoisotopic (exact) mass is 295 g/mol. The Morgan fingerprint density at radius 1 is 1.20 bits per heavy atom. The van der Waals surface area contributed by atoms with Gasteiger partial charge in [0.05, 0.1) is 0 Å². The van der Waals surface area contributed by atoms with Crippen molar-refractivity contribution in [2.45, 2.75) is 52.5 Å². The van der Waals surface area contributed by atoms with Gasteiger partial charge in [0.25, 0.3) is 0 Å². The first-order chi connectivity index (χ1) is 9.58. The number of rotatable bonds is 5. The molecule has 0 heterocycles. The van der Waals surface area contributed by atoms with E-state index >= 15 is 0 Å². The molecule has 2 nitrogen and oxygen atoms in total. The number of aryl methyl sites for hydroxylation is 2. The van der Waals surface area contributed by atoms with Gasteiger partial charge in [-0.25, -0.2) is 0 Å². The maximum Gasteiger partial charge on any atom is 0.125 e. The molecule has 0 saturated heterocycles.